The van der Waals surface area contributed by atoms with Gasteiger partial charge in [-0.05, 0) is 0 Å². The summed E-state index contributed by atoms with van der Waals surface area (Å²) in [5.41, 5.74) is -0.440. The molecule has 0 unspecified atom stereocenters. The van der Waals surface area contributed by atoms with Crippen molar-refractivity contribution in [3.05, 3.63) is 16.3 Å². The van der Waals surface area contributed by atoms with Gasteiger partial charge in [0.15, 0.2) is 11.6 Å². The van der Waals surface area contributed by atoms with E-state index in [2.05, 4.69) is 53.5 Å². The zero-order valence-electron chi connectivity index (χ0n) is 14.7. The summed E-state index contributed by atoms with van der Waals surface area (Å²) in [6.45, 7) is 19.1. The number of hydrogen-bond acceptors (Lipinski definition) is 3. The Kier molecular flexibility index (Phi) is 4.77. The SMILES string of the molecule is C[Si](C)(C)c1[nH]c(=O)nc(N([Si](C)(C)C)[Si](C)(C)C)c1F. The summed E-state index contributed by atoms with van der Waals surface area (Å²) in [6, 6.07) is 0. The van der Waals surface area contributed by atoms with Gasteiger partial charge < -0.3 is 9.22 Å². The van der Waals surface area contributed by atoms with Gasteiger partial charge in [0, 0.05) is 5.32 Å². The summed E-state index contributed by atoms with van der Waals surface area (Å²) in [4.78, 5) is 18.6. The van der Waals surface area contributed by atoms with E-state index < -0.39 is 30.2 Å². The van der Waals surface area contributed by atoms with Crippen LogP contribution in [0, 0.1) is 5.82 Å². The summed E-state index contributed by atoms with van der Waals surface area (Å²) in [5, 5.41) is 0.471. The molecule has 8 heteroatoms. The van der Waals surface area contributed by atoms with Crippen molar-refractivity contribution in [1.29, 1.82) is 0 Å². The highest BCUT2D eigenvalue weighted by atomic mass is 28.4. The number of H-pyrrole nitrogens is 1. The first-order valence-corrected chi connectivity index (χ1v) is 17.7. The van der Waals surface area contributed by atoms with E-state index in [1.165, 1.54) is 0 Å². The molecule has 1 N–H and O–H groups in total. The molecule has 4 nitrogen and oxygen atoms in total. The quantitative estimate of drug-likeness (QED) is 0.854. The van der Waals surface area contributed by atoms with Gasteiger partial charge in [0.05, 0.1) is 0 Å². The summed E-state index contributed by atoms with van der Waals surface area (Å²) in [7, 11) is -5.66. The first-order valence-electron chi connectivity index (χ1n) is 7.26. The molecular formula is C13H28FN3OSi3. The number of anilines is 1. The van der Waals surface area contributed by atoms with E-state index in [1.54, 1.807) is 0 Å². The minimum atomic E-state index is -1.97. The lowest BCUT2D eigenvalue weighted by molar-refractivity contribution is 0.623. The Morgan fingerprint density at radius 3 is 1.71 bits per heavy atom. The second-order valence-corrected chi connectivity index (χ2v) is 23.5. The first kappa shape index (κ1) is 18.3. The summed E-state index contributed by atoms with van der Waals surface area (Å²) in [6.07, 6.45) is 0. The maximum Gasteiger partial charge on any atom is 0.346 e. The van der Waals surface area contributed by atoms with Gasteiger partial charge in [-0.2, -0.15) is 4.98 Å². The summed E-state index contributed by atoms with van der Waals surface area (Å²) in [5.74, 6) is -0.0480. The fourth-order valence-corrected chi connectivity index (χ4v) is 13.6. The Balaban J connectivity index is 3.70. The van der Waals surface area contributed by atoms with Gasteiger partial charge in [-0.15, -0.1) is 0 Å². The number of hydrogen-bond donors (Lipinski definition) is 1. The number of halogens is 1. The third-order valence-corrected chi connectivity index (χ3v) is 12.1. The van der Waals surface area contributed by atoms with Gasteiger partial charge in [0.25, 0.3) is 0 Å². The number of nitrogens with zero attached hydrogens (tertiary/aromatic N) is 2. The molecule has 0 aliphatic heterocycles. The topological polar surface area (TPSA) is 49.0 Å². The standard InChI is InChI=1S/C13H28FN3OSi3/c1-19(2,3)12-10(14)11(15-13(18)16-12)17(20(4,5)6)21(7,8)9/h1-9H3,(H,15,16,18). The van der Waals surface area contributed by atoms with Crippen molar-refractivity contribution in [2.45, 2.75) is 58.9 Å². The molecule has 0 saturated carbocycles. The molecule has 21 heavy (non-hydrogen) atoms. The molecule has 0 aliphatic carbocycles. The van der Waals surface area contributed by atoms with E-state index in [1.807, 2.05) is 19.6 Å². The van der Waals surface area contributed by atoms with Crippen molar-refractivity contribution >= 4 is 35.7 Å². The van der Waals surface area contributed by atoms with E-state index in [9.17, 15) is 4.79 Å². The zero-order valence-corrected chi connectivity index (χ0v) is 17.7. The van der Waals surface area contributed by atoms with Crippen LogP contribution in [0.1, 0.15) is 0 Å². The molecule has 0 saturated heterocycles. The van der Waals surface area contributed by atoms with Gasteiger partial charge in [-0.25, -0.2) is 9.18 Å². The Morgan fingerprint density at radius 2 is 1.38 bits per heavy atom. The highest BCUT2D eigenvalue weighted by Gasteiger charge is 2.39. The van der Waals surface area contributed by atoms with Crippen LogP contribution in [-0.4, -0.2) is 34.5 Å². The molecule has 0 aromatic carbocycles. The fraction of sp³-hybridized carbons (Fsp3) is 0.692. The average molecular weight is 346 g/mol. The van der Waals surface area contributed by atoms with E-state index in [0.29, 0.717) is 5.32 Å². The van der Waals surface area contributed by atoms with Crippen molar-refractivity contribution in [1.82, 2.24) is 9.97 Å². The van der Waals surface area contributed by atoms with Crippen LogP contribution in [0.5, 0.6) is 0 Å². The highest BCUT2D eigenvalue weighted by molar-refractivity contribution is 6.99. The second kappa shape index (κ2) is 5.47. The predicted octanol–water partition coefficient (Wildman–Crippen LogP) is 2.93. The van der Waals surface area contributed by atoms with Crippen molar-refractivity contribution in [2.24, 2.45) is 0 Å². The van der Waals surface area contributed by atoms with Gasteiger partial charge in [-0.3, -0.25) is 0 Å². The normalized spacial score (nSPS) is 13.4. The second-order valence-electron chi connectivity index (χ2n) is 8.48. The molecule has 0 amide bonds. The van der Waals surface area contributed by atoms with Gasteiger partial charge in [0.2, 0.25) is 0 Å². The maximum atomic E-state index is 15.1. The van der Waals surface area contributed by atoms with Crippen LogP contribution in [-0.2, 0) is 0 Å². The van der Waals surface area contributed by atoms with Crippen LogP contribution in [0.3, 0.4) is 0 Å². The minimum absolute atomic E-state index is 0.273. The molecule has 120 valence electrons. The van der Waals surface area contributed by atoms with E-state index in [0.717, 1.165) is 0 Å². The van der Waals surface area contributed by atoms with Crippen LogP contribution < -0.4 is 15.2 Å². The maximum absolute atomic E-state index is 15.1. The zero-order chi connectivity index (χ0) is 16.8. The number of aromatic nitrogens is 2. The molecule has 1 aromatic rings. The molecule has 0 radical (unpaired) electrons. The van der Waals surface area contributed by atoms with E-state index >= 15 is 4.39 Å². The predicted molar refractivity (Wildman–Crippen MR) is 97.0 cm³/mol. The molecule has 0 aliphatic rings. The average Bonchev–Trinajstić information content (AvgIpc) is 2.16. The Hall–Kier alpha value is -0.739. The Bertz CT molecular complexity index is 568. The van der Waals surface area contributed by atoms with Crippen LogP contribution in [0.25, 0.3) is 0 Å². The first-order chi connectivity index (χ1) is 9.15. The van der Waals surface area contributed by atoms with Crippen molar-refractivity contribution in [2.75, 3.05) is 4.23 Å². The molecule has 0 fully saturated rings. The third-order valence-electron chi connectivity index (χ3n) is 3.16. The largest absolute Gasteiger partial charge is 0.407 e. The molecule has 0 bridgehead atoms. The van der Waals surface area contributed by atoms with Crippen LogP contribution in [0.4, 0.5) is 10.2 Å². The summed E-state index contributed by atoms with van der Waals surface area (Å²) < 4.78 is 17.2. The molecular weight excluding hydrogens is 317 g/mol. The van der Waals surface area contributed by atoms with Crippen LogP contribution in [0.2, 0.25) is 58.9 Å². The van der Waals surface area contributed by atoms with Gasteiger partial charge in [0.1, 0.15) is 24.5 Å². The fourth-order valence-electron chi connectivity index (χ4n) is 2.75. The highest BCUT2D eigenvalue weighted by Crippen LogP contribution is 2.27. The molecule has 0 atom stereocenters. The molecule has 1 rings (SSSR count). The van der Waals surface area contributed by atoms with E-state index in [-0.39, 0.29) is 11.6 Å². The smallest absolute Gasteiger partial charge is 0.346 e. The number of rotatable bonds is 4. The monoisotopic (exact) mass is 345 g/mol. The molecule has 1 heterocycles. The number of nitrogens with one attached hydrogen (secondary N) is 1. The Labute approximate surface area is 130 Å². The van der Waals surface area contributed by atoms with Crippen molar-refractivity contribution in [3.63, 3.8) is 0 Å². The van der Waals surface area contributed by atoms with Gasteiger partial charge >= 0.3 is 5.69 Å². The summed E-state index contributed by atoms with van der Waals surface area (Å²) >= 11 is 0. The Morgan fingerprint density at radius 1 is 0.952 bits per heavy atom. The molecule has 0 spiro atoms. The van der Waals surface area contributed by atoms with Crippen LogP contribution >= 0.6 is 0 Å². The third kappa shape index (κ3) is 4.13. The lowest BCUT2D eigenvalue weighted by Gasteiger charge is -2.45. The van der Waals surface area contributed by atoms with Crippen molar-refractivity contribution in [3.8, 4) is 0 Å². The van der Waals surface area contributed by atoms with E-state index in [4.69, 9.17) is 0 Å². The van der Waals surface area contributed by atoms with Gasteiger partial charge in [-0.1, -0.05) is 58.9 Å². The minimum Gasteiger partial charge on any atom is -0.407 e. The van der Waals surface area contributed by atoms with Crippen LogP contribution in [0.15, 0.2) is 4.79 Å². The lowest BCUT2D eigenvalue weighted by Crippen LogP contribution is -2.61. The van der Waals surface area contributed by atoms with Crippen molar-refractivity contribution < 1.29 is 4.39 Å². The molecule has 1 aromatic heterocycles. The number of aromatic amines is 1. The lowest BCUT2D eigenvalue weighted by atomic mass is 10.6.